The molecule has 0 atom stereocenters. The van der Waals surface area contributed by atoms with Gasteiger partial charge in [0.2, 0.25) is 0 Å². The van der Waals surface area contributed by atoms with Crippen LogP contribution in [-0.2, 0) is 26.5 Å². The van der Waals surface area contributed by atoms with Gasteiger partial charge in [0, 0.05) is 41.3 Å². The molecule has 0 spiro atoms. The summed E-state index contributed by atoms with van der Waals surface area (Å²) < 4.78 is 20.1. The van der Waals surface area contributed by atoms with E-state index in [1.807, 2.05) is 114 Å². The quantitative estimate of drug-likeness (QED) is 0.147. The minimum Gasteiger partial charge on any atom is -0.507 e. The molecule has 2 heterocycles. The van der Waals surface area contributed by atoms with Crippen molar-refractivity contribution in [1.82, 2.24) is 14.5 Å². The minimum absolute atomic E-state index is 0. The van der Waals surface area contributed by atoms with Crippen molar-refractivity contribution in [2.75, 3.05) is 0 Å². The van der Waals surface area contributed by atoms with Gasteiger partial charge in [-0.15, -0.1) is 29.3 Å². The Balaban J connectivity index is 0.00000608. The fourth-order valence-corrected chi connectivity index (χ4v) is 8.80. The van der Waals surface area contributed by atoms with E-state index in [2.05, 4.69) is 116 Å². The zero-order valence-electron chi connectivity index (χ0n) is 40.6. The van der Waals surface area contributed by atoms with Gasteiger partial charge in [0.15, 0.2) is 0 Å². The fourth-order valence-electron chi connectivity index (χ4n) is 8.80. The number of rotatable bonds is 9. The summed E-state index contributed by atoms with van der Waals surface area (Å²) in [6, 6.07) is 56.0. The van der Waals surface area contributed by atoms with Crippen LogP contribution in [0.5, 0.6) is 5.75 Å². The van der Waals surface area contributed by atoms with Crippen LogP contribution in [0.2, 0.25) is 0 Å². The van der Waals surface area contributed by atoms with Gasteiger partial charge in [-0.1, -0.05) is 169 Å². The number of benzene rings is 7. The molecule has 1 N–H and O–H groups in total. The first kappa shape index (κ1) is 42.6. The maximum absolute atomic E-state index is 12.0. The first-order valence-electron chi connectivity index (χ1n) is 23.1. The fraction of sp³-hybridized carbons (Fsp3) is 0.200. The number of aryl methyl sites for hydroxylation is 2. The molecule has 0 bridgehead atoms. The Morgan fingerprint density at radius 2 is 1.28 bits per heavy atom. The Morgan fingerprint density at radius 1 is 0.615 bits per heavy atom. The van der Waals surface area contributed by atoms with Gasteiger partial charge in [-0.3, -0.25) is 9.55 Å². The van der Waals surface area contributed by atoms with Crippen LogP contribution in [0.25, 0.3) is 83.9 Å². The summed E-state index contributed by atoms with van der Waals surface area (Å²) in [7, 11) is 0. The van der Waals surface area contributed by atoms with Crippen molar-refractivity contribution in [3.63, 3.8) is 0 Å². The van der Waals surface area contributed by atoms with Gasteiger partial charge in [0.1, 0.15) is 11.6 Å². The number of imidazole rings is 1. The van der Waals surface area contributed by atoms with E-state index in [0.717, 1.165) is 100 Å². The molecule has 328 valence electrons. The van der Waals surface area contributed by atoms with Crippen LogP contribution in [0.3, 0.4) is 0 Å². The Labute approximate surface area is 402 Å². The molecule has 9 aromatic rings. The summed E-state index contributed by atoms with van der Waals surface area (Å²) in [6.07, 6.45) is 1.86. The molecule has 0 fully saturated rings. The van der Waals surface area contributed by atoms with E-state index in [1.54, 1.807) is 0 Å². The van der Waals surface area contributed by atoms with Crippen molar-refractivity contribution in [1.29, 1.82) is 0 Å². The zero-order valence-corrected chi connectivity index (χ0v) is 40.9. The van der Waals surface area contributed by atoms with Crippen LogP contribution in [0.4, 0.5) is 0 Å². The Kier molecular flexibility index (Phi) is 12.0. The number of phenols is 1. The number of aromatic nitrogens is 3. The molecule has 0 saturated heterocycles. The largest absolute Gasteiger partial charge is 0.507 e. The van der Waals surface area contributed by atoms with Crippen molar-refractivity contribution >= 4 is 11.0 Å². The van der Waals surface area contributed by atoms with Crippen molar-refractivity contribution in [2.45, 2.75) is 79.5 Å². The van der Waals surface area contributed by atoms with E-state index in [1.165, 1.54) is 0 Å². The first-order valence-corrected chi connectivity index (χ1v) is 22.1. The number of nitrogens with zero attached hydrogens (tertiary/aromatic N) is 3. The van der Waals surface area contributed by atoms with Gasteiger partial charge in [0.25, 0.3) is 0 Å². The molecule has 0 radical (unpaired) electrons. The van der Waals surface area contributed by atoms with Gasteiger partial charge in [-0.2, -0.15) is 0 Å². The second-order valence-electron chi connectivity index (χ2n) is 18.5. The molecule has 9 rings (SSSR count). The standard InChI is InChI=1S/C60H56N3O.Pt/c1-37(2)41-23-25-42(26-24-41)45-27-28-61-54(34-45)47-31-46(32-48(33-47)60(7,8)9)49-21-16-22-55-57(49)62-59(53-30-39(5)29-40(6)58(53)64)63(55)56-36-51(43-17-12-10-13-18-43)50(38(3)4)35-52(56)44-19-14-11-15-20-44;/h10-30,32-38,64H,1-9H3;/q-1;/i37D,38D;. The van der Waals surface area contributed by atoms with Gasteiger partial charge in [-0.25, -0.2) is 4.98 Å². The van der Waals surface area contributed by atoms with Gasteiger partial charge >= 0.3 is 0 Å². The molecule has 2 aromatic heterocycles. The van der Waals surface area contributed by atoms with Crippen molar-refractivity contribution in [3.05, 3.63) is 192 Å². The van der Waals surface area contributed by atoms with Gasteiger partial charge in [-0.05, 0) is 111 Å². The van der Waals surface area contributed by atoms with E-state index in [-0.39, 0.29) is 32.2 Å². The van der Waals surface area contributed by atoms with E-state index in [4.69, 9.17) is 11.3 Å². The summed E-state index contributed by atoms with van der Waals surface area (Å²) in [6.45, 7) is 18.4. The normalized spacial score (nSPS) is 12.4. The van der Waals surface area contributed by atoms with Crippen LogP contribution in [0, 0.1) is 19.9 Å². The summed E-state index contributed by atoms with van der Waals surface area (Å²) in [5, 5.41) is 12.0. The summed E-state index contributed by atoms with van der Waals surface area (Å²) in [5.74, 6) is -0.813. The monoisotopic (exact) mass is 1030 g/mol. The SMILES string of the molecule is [2H]C(C)(C)c1ccc(-c2ccnc(-c3[c-]c(-c4cccc5c4nc(-c4cc(C)cc(C)c4O)n5-c4cc(-c5ccccc5)c(C([2H])(C)C)cc4-c4ccccc4)cc(C(C)(C)C)c3)c2)cc1.[Pt]. The molecule has 0 aliphatic rings. The maximum atomic E-state index is 12.0. The van der Waals surface area contributed by atoms with Crippen molar-refractivity contribution in [3.8, 4) is 78.6 Å². The van der Waals surface area contributed by atoms with Crippen LogP contribution in [-0.4, -0.2) is 19.6 Å². The molecule has 5 heteroatoms. The molecule has 0 aliphatic carbocycles. The number of pyridine rings is 1. The second-order valence-corrected chi connectivity index (χ2v) is 18.5. The molecule has 7 aromatic carbocycles. The number of hydrogen-bond acceptors (Lipinski definition) is 3. The summed E-state index contributed by atoms with van der Waals surface area (Å²) in [5.41, 5.74) is 17.2. The number of phenolic OH excluding ortho intramolecular Hbond substituents is 1. The molecule has 0 aliphatic heterocycles. The average molecular weight is 1030 g/mol. The van der Waals surface area contributed by atoms with E-state index in [9.17, 15) is 6.48 Å². The Hall–Kier alpha value is -6.35. The van der Waals surface area contributed by atoms with Crippen LogP contribution >= 0.6 is 0 Å². The van der Waals surface area contributed by atoms with Crippen molar-refractivity contribution in [2.24, 2.45) is 0 Å². The number of fused-ring (bicyclic) bond motifs is 1. The second kappa shape index (κ2) is 18.3. The molecule has 0 unspecified atom stereocenters. The van der Waals surface area contributed by atoms with E-state index in [0.29, 0.717) is 11.4 Å². The van der Waals surface area contributed by atoms with E-state index < -0.39 is 11.8 Å². The smallest absolute Gasteiger partial charge is 0.148 e. The van der Waals surface area contributed by atoms with Gasteiger partial charge in [0.05, 0.1) is 22.3 Å². The Morgan fingerprint density at radius 3 is 1.92 bits per heavy atom. The number of hydrogen-bond donors (Lipinski definition) is 1. The zero-order chi connectivity index (χ0) is 46.7. The molecule has 0 amide bonds. The predicted octanol–water partition coefficient (Wildman–Crippen LogP) is 16.1. The number of para-hydroxylation sites is 1. The minimum atomic E-state index is -0.920. The molecular weight excluding hydrogens is 974 g/mol. The third-order valence-corrected chi connectivity index (χ3v) is 12.3. The molecule has 4 nitrogen and oxygen atoms in total. The van der Waals surface area contributed by atoms with Crippen LogP contribution < -0.4 is 0 Å². The maximum Gasteiger partial charge on any atom is 0.148 e. The topological polar surface area (TPSA) is 50.9 Å². The van der Waals surface area contributed by atoms with Crippen LogP contribution in [0.1, 0.15) is 90.8 Å². The molecular formula is C60H56N3OPt-. The first-order chi connectivity index (χ1) is 31.3. The predicted molar refractivity (Wildman–Crippen MR) is 268 cm³/mol. The Bertz CT molecular complexity index is 3270. The van der Waals surface area contributed by atoms with Gasteiger partial charge < -0.3 is 5.11 Å². The summed E-state index contributed by atoms with van der Waals surface area (Å²) >= 11 is 0. The average Bonchev–Trinajstić information content (AvgIpc) is 3.69. The van der Waals surface area contributed by atoms with E-state index >= 15 is 0 Å². The molecule has 65 heavy (non-hydrogen) atoms. The van der Waals surface area contributed by atoms with Crippen LogP contribution in [0.15, 0.2) is 158 Å². The van der Waals surface area contributed by atoms with Crippen molar-refractivity contribution < 1.29 is 28.9 Å². The molecule has 0 saturated carbocycles. The third kappa shape index (κ3) is 8.90. The third-order valence-electron chi connectivity index (χ3n) is 12.3. The summed E-state index contributed by atoms with van der Waals surface area (Å²) in [4.78, 5) is 10.5. The number of aromatic hydroxyl groups is 1.